The molecule has 0 fully saturated rings. The van der Waals surface area contributed by atoms with E-state index >= 15 is 0 Å². The summed E-state index contributed by atoms with van der Waals surface area (Å²) < 4.78 is 1.40. The number of nitrogens with zero attached hydrogens (tertiary/aromatic N) is 2. The van der Waals surface area contributed by atoms with Gasteiger partial charge in [0.25, 0.3) is 5.56 Å². The number of hydrogen-bond acceptors (Lipinski definition) is 3. The van der Waals surface area contributed by atoms with Crippen molar-refractivity contribution in [3.63, 3.8) is 0 Å². The molecule has 1 aromatic carbocycles. The fourth-order valence-electron chi connectivity index (χ4n) is 2.69. The minimum atomic E-state index is -0.166. The Bertz CT molecular complexity index is 847. The highest BCUT2D eigenvalue weighted by atomic mass is 16.3. The lowest BCUT2D eigenvalue weighted by Gasteiger charge is -2.06. The van der Waals surface area contributed by atoms with Crippen LogP contribution in [0.25, 0.3) is 16.8 Å². The smallest absolute Gasteiger partial charge is 0.277 e. The molecule has 0 saturated carbocycles. The summed E-state index contributed by atoms with van der Waals surface area (Å²) in [5.74, 6) is 0. The van der Waals surface area contributed by atoms with Crippen molar-refractivity contribution in [2.45, 2.75) is 20.3 Å². The van der Waals surface area contributed by atoms with E-state index in [0.29, 0.717) is 17.6 Å². The number of fused-ring (bicyclic) bond motifs is 1. The molecule has 0 amide bonds. The molecule has 3 rings (SSSR count). The molecule has 0 spiro atoms. The van der Waals surface area contributed by atoms with Crippen LogP contribution in [-0.2, 0) is 6.42 Å². The van der Waals surface area contributed by atoms with Gasteiger partial charge in [0.2, 0.25) is 0 Å². The number of aliphatic hydroxyl groups is 1. The first-order valence-electron chi connectivity index (χ1n) is 6.91. The second kappa shape index (κ2) is 5.18. The van der Waals surface area contributed by atoms with Crippen molar-refractivity contribution >= 4 is 5.65 Å². The van der Waals surface area contributed by atoms with Crippen molar-refractivity contribution < 1.29 is 5.11 Å². The predicted octanol–water partition coefficient (Wildman–Crippen LogP) is 1.84. The SMILES string of the molecule is Cc1nn2c(=O)c(CCO)c(C)[nH]c2c1-c1ccccc1. The average molecular weight is 283 g/mol. The van der Waals surface area contributed by atoms with E-state index in [1.54, 1.807) is 0 Å². The summed E-state index contributed by atoms with van der Waals surface area (Å²) in [4.78, 5) is 15.8. The molecule has 0 bridgehead atoms. The number of H-pyrrole nitrogens is 1. The Morgan fingerprint density at radius 2 is 1.95 bits per heavy atom. The summed E-state index contributed by atoms with van der Waals surface area (Å²) in [7, 11) is 0. The first-order valence-corrected chi connectivity index (χ1v) is 6.91. The summed E-state index contributed by atoms with van der Waals surface area (Å²) >= 11 is 0. The number of aryl methyl sites for hydroxylation is 2. The Labute approximate surface area is 121 Å². The Hall–Kier alpha value is -2.40. The zero-order chi connectivity index (χ0) is 15.0. The van der Waals surface area contributed by atoms with Gasteiger partial charge in [-0.25, -0.2) is 0 Å². The van der Waals surface area contributed by atoms with Crippen molar-refractivity contribution in [3.8, 4) is 11.1 Å². The molecule has 5 nitrogen and oxygen atoms in total. The van der Waals surface area contributed by atoms with Crippen LogP contribution < -0.4 is 5.56 Å². The van der Waals surface area contributed by atoms with E-state index in [0.717, 1.165) is 22.5 Å². The molecule has 0 atom stereocenters. The quantitative estimate of drug-likeness (QED) is 0.770. The van der Waals surface area contributed by atoms with Gasteiger partial charge in [-0.15, -0.1) is 0 Å². The summed E-state index contributed by atoms with van der Waals surface area (Å²) in [6.07, 6.45) is 0.330. The Morgan fingerprint density at radius 1 is 1.24 bits per heavy atom. The zero-order valence-electron chi connectivity index (χ0n) is 12.1. The van der Waals surface area contributed by atoms with E-state index in [2.05, 4.69) is 10.1 Å². The second-order valence-corrected chi connectivity index (χ2v) is 5.09. The predicted molar refractivity (Wildman–Crippen MR) is 81.5 cm³/mol. The van der Waals surface area contributed by atoms with Crippen LogP contribution >= 0.6 is 0 Å². The second-order valence-electron chi connectivity index (χ2n) is 5.09. The third-order valence-electron chi connectivity index (χ3n) is 3.69. The molecular weight excluding hydrogens is 266 g/mol. The van der Waals surface area contributed by atoms with E-state index < -0.39 is 0 Å². The molecule has 5 heteroatoms. The number of nitrogens with one attached hydrogen (secondary N) is 1. The highest BCUT2D eigenvalue weighted by Crippen LogP contribution is 2.26. The minimum Gasteiger partial charge on any atom is -0.396 e. The molecule has 0 radical (unpaired) electrons. The van der Waals surface area contributed by atoms with Gasteiger partial charge in [-0.1, -0.05) is 30.3 Å². The van der Waals surface area contributed by atoms with E-state index in [1.807, 2.05) is 44.2 Å². The van der Waals surface area contributed by atoms with Gasteiger partial charge in [0.05, 0.1) is 5.69 Å². The third-order valence-corrected chi connectivity index (χ3v) is 3.69. The maximum absolute atomic E-state index is 12.5. The summed E-state index contributed by atoms with van der Waals surface area (Å²) in [5, 5.41) is 13.5. The molecule has 2 aromatic heterocycles. The maximum Gasteiger partial charge on any atom is 0.277 e. The fourth-order valence-corrected chi connectivity index (χ4v) is 2.69. The van der Waals surface area contributed by atoms with E-state index in [-0.39, 0.29) is 12.2 Å². The normalized spacial score (nSPS) is 11.2. The minimum absolute atomic E-state index is 0.0543. The zero-order valence-corrected chi connectivity index (χ0v) is 12.1. The molecular formula is C16H17N3O2. The number of benzene rings is 1. The van der Waals surface area contributed by atoms with Crippen LogP contribution in [0.4, 0.5) is 0 Å². The van der Waals surface area contributed by atoms with Crippen LogP contribution in [0.3, 0.4) is 0 Å². The summed E-state index contributed by atoms with van der Waals surface area (Å²) in [6.45, 7) is 3.69. The lowest BCUT2D eigenvalue weighted by atomic mass is 10.1. The first-order chi connectivity index (χ1) is 10.1. The van der Waals surface area contributed by atoms with Gasteiger partial charge in [-0.05, 0) is 19.4 Å². The standard InChI is InChI=1S/C16H17N3O2/c1-10-13(8-9-20)16(21)19-15(17-10)14(11(2)18-19)12-6-4-3-5-7-12/h3-7,17,20H,8-9H2,1-2H3. The number of hydrogen-bond donors (Lipinski definition) is 2. The molecule has 0 aliphatic carbocycles. The molecule has 3 aromatic rings. The van der Waals surface area contributed by atoms with Crippen molar-refractivity contribution in [2.75, 3.05) is 6.61 Å². The molecule has 2 N–H and O–H groups in total. The van der Waals surface area contributed by atoms with Crippen molar-refractivity contribution in [2.24, 2.45) is 0 Å². The van der Waals surface area contributed by atoms with Crippen LogP contribution in [0, 0.1) is 13.8 Å². The van der Waals surface area contributed by atoms with E-state index in [4.69, 9.17) is 5.11 Å². The molecule has 0 unspecified atom stereocenters. The van der Waals surface area contributed by atoms with Crippen LogP contribution in [0.2, 0.25) is 0 Å². The van der Waals surface area contributed by atoms with Gasteiger partial charge in [-0.3, -0.25) is 4.79 Å². The first kappa shape index (κ1) is 13.6. The lowest BCUT2D eigenvalue weighted by Crippen LogP contribution is -2.22. The average Bonchev–Trinajstić information content (AvgIpc) is 2.81. The fraction of sp³-hybridized carbons (Fsp3) is 0.250. The van der Waals surface area contributed by atoms with Crippen LogP contribution in [-0.4, -0.2) is 26.3 Å². The highest BCUT2D eigenvalue weighted by Gasteiger charge is 2.16. The molecule has 0 saturated heterocycles. The molecule has 2 heterocycles. The Kier molecular flexibility index (Phi) is 3.35. The maximum atomic E-state index is 12.5. The van der Waals surface area contributed by atoms with E-state index in [9.17, 15) is 4.79 Å². The highest BCUT2D eigenvalue weighted by molar-refractivity contribution is 5.79. The van der Waals surface area contributed by atoms with Gasteiger partial charge in [-0.2, -0.15) is 9.61 Å². The Balaban J connectivity index is 2.34. The van der Waals surface area contributed by atoms with Crippen molar-refractivity contribution in [1.82, 2.24) is 14.6 Å². The van der Waals surface area contributed by atoms with Crippen LogP contribution in [0.15, 0.2) is 35.1 Å². The van der Waals surface area contributed by atoms with Gasteiger partial charge in [0.15, 0.2) is 0 Å². The van der Waals surface area contributed by atoms with Gasteiger partial charge < -0.3 is 10.1 Å². The van der Waals surface area contributed by atoms with Crippen molar-refractivity contribution in [1.29, 1.82) is 0 Å². The molecule has 108 valence electrons. The lowest BCUT2D eigenvalue weighted by molar-refractivity contribution is 0.298. The largest absolute Gasteiger partial charge is 0.396 e. The number of rotatable bonds is 3. The monoisotopic (exact) mass is 283 g/mol. The van der Waals surface area contributed by atoms with Crippen molar-refractivity contribution in [3.05, 3.63) is 57.6 Å². The van der Waals surface area contributed by atoms with Crippen LogP contribution in [0.1, 0.15) is 17.0 Å². The van der Waals surface area contributed by atoms with Gasteiger partial charge in [0, 0.05) is 29.8 Å². The summed E-state index contributed by atoms with van der Waals surface area (Å²) in [6, 6.07) is 9.88. The van der Waals surface area contributed by atoms with Crippen LogP contribution in [0.5, 0.6) is 0 Å². The molecule has 21 heavy (non-hydrogen) atoms. The van der Waals surface area contributed by atoms with Gasteiger partial charge >= 0.3 is 0 Å². The number of aliphatic hydroxyl groups excluding tert-OH is 1. The van der Waals surface area contributed by atoms with E-state index in [1.165, 1.54) is 4.52 Å². The number of aromatic amines is 1. The summed E-state index contributed by atoms with van der Waals surface area (Å²) in [5.41, 5.74) is 4.64. The van der Waals surface area contributed by atoms with Gasteiger partial charge in [0.1, 0.15) is 5.65 Å². The number of aromatic nitrogens is 3. The Morgan fingerprint density at radius 3 is 2.62 bits per heavy atom. The topological polar surface area (TPSA) is 70.4 Å². The third kappa shape index (κ3) is 2.15. The molecule has 0 aliphatic heterocycles. The molecule has 0 aliphatic rings.